The molecule has 1 aliphatic heterocycles. The summed E-state index contributed by atoms with van der Waals surface area (Å²) in [5.41, 5.74) is 6.28. The van der Waals surface area contributed by atoms with Crippen LogP contribution in [0.3, 0.4) is 0 Å². The fraction of sp³-hybridized carbons (Fsp3) is 0.667. The van der Waals surface area contributed by atoms with Crippen LogP contribution in [0, 0.1) is 0 Å². The van der Waals surface area contributed by atoms with Crippen LogP contribution in [0.5, 0.6) is 5.88 Å². The van der Waals surface area contributed by atoms with Gasteiger partial charge in [-0.15, -0.1) is 0 Å². The molecule has 0 spiro atoms. The van der Waals surface area contributed by atoms with Crippen molar-refractivity contribution in [2.24, 2.45) is 0 Å². The van der Waals surface area contributed by atoms with E-state index in [4.69, 9.17) is 10.5 Å². The van der Waals surface area contributed by atoms with Crippen molar-refractivity contribution in [3.8, 4) is 5.88 Å². The third-order valence-electron chi connectivity index (χ3n) is 3.42. The van der Waals surface area contributed by atoms with Crippen molar-refractivity contribution in [2.75, 3.05) is 17.2 Å². The Morgan fingerprint density at radius 1 is 1.42 bits per heavy atom. The monoisotopic (exact) mass is 263 g/mol. The number of aromatic nitrogens is 1. The van der Waals surface area contributed by atoms with E-state index in [0.29, 0.717) is 17.6 Å². The maximum Gasteiger partial charge on any atom is 0.239 e. The number of rotatable bonds is 3. The summed E-state index contributed by atoms with van der Waals surface area (Å²) in [5, 5.41) is 0. The predicted octanol–water partition coefficient (Wildman–Crippen LogP) is 3.22. The maximum absolute atomic E-state index is 5.96. The normalized spacial score (nSPS) is 19.8. The third kappa shape index (κ3) is 3.31. The molecule has 0 aromatic carbocycles. The van der Waals surface area contributed by atoms with Crippen LogP contribution in [0.1, 0.15) is 47.0 Å². The lowest BCUT2D eigenvalue weighted by molar-refractivity contribution is 0.125. The molecule has 1 fully saturated rings. The number of anilines is 2. The lowest BCUT2D eigenvalue weighted by Crippen LogP contribution is -2.30. The Labute approximate surface area is 116 Å². The van der Waals surface area contributed by atoms with E-state index in [1.54, 1.807) is 0 Å². The maximum atomic E-state index is 5.96. The number of hydrogen-bond acceptors (Lipinski definition) is 4. The van der Waals surface area contributed by atoms with E-state index in [-0.39, 0.29) is 5.60 Å². The lowest BCUT2D eigenvalue weighted by Gasteiger charge is -2.27. The molecule has 19 heavy (non-hydrogen) atoms. The van der Waals surface area contributed by atoms with E-state index >= 15 is 0 Å². The highest BCUT2D eigenvalue weighted by Gasteiger charge is 2.25. The quantitative estimate of drug-likeness (QED) is 0.909. The van der Waals surface area contributed by atoms with Crippen LogP contribution in [0.4, 0.5) is 11.5 Å². The molecule has 1 saturated heterocycles. The zero-order valence-electron chi connectivity index (χ0n) is 12.4. The Morgan fingerprint density at radius 2 is 2.16 bits per heavy atom. The Bertz CT molecular complexity index is 440. The average Bonchev–Trinajstić information content (AvgIpc) is 2.78. The van der Waals surface area contributed by atoms with Gasteiger partial charge >= 0.3 is 0 Å². The molecule has 106 valence electrons. The number of nitrogens with zero attached hydrogens (tertiary/aromatic N) is 2. The van der Waals surface area contributed by atoms with Crippen molar-refractivity contribution in [3.63, 3.8) is 0 Å². The van der Waals surface area contributed by atoms with Crippen molar-refractivity contribution in [1.29, 1.82) is 0 Å². The number of ether oxygens (including phenoxy) is 1. The van der Waals surface area contributed by atoms with E-state index in [0.717, 1.165) is 18.8 Å². The lowest BCUT2D eigenvalue weighted by atomic mass is 10.2. The summed E-state index contributed by atoms with van der Waals surface area (Å²) >= 11 is 0. The number of nitrogen functional groups attached to an aromatic ring is 1. The highest BCUT2D eigenvalue weighted by molar-refractivity contribution is 5.55. The first-order valence-corrected chi connectivity index (χ1v) is 7.13. The molecule has 4 heteroatoms. The van der Waals surface area contributed by atoms with Crippen molar-refractivity contribution >= 4 is 11.5 Å². The van der Waals surface area contributed by atoms with E-state index in [1.807, 2.05) is 32.9 Å². The fourth-order valence-electron chi connectivity index (χ4n) is 2.53. The van der Waals surface area contributed by atoms with Crippen LogP contribution < -0.4 is 15.4 Å². The van der Waals surface area contributed by atoms with Gasteiger partial charge in [0.1, 0.15) is 11.4 Å². The van der Waals surface area contributed by atoms with Gasteiger partial charge < -0.3 is 15.4 Å². The van der Waals surface area contributed by atoms with E-state index in [9.17, 15) is 0 Å². The van der Waals surface area contributed by atoms with Crippen molar-refractivity contribution in [1.82, 2.24) is 4.98 Å². The van der Waals surface area contributed by atoms with Gasteiger partial charge in [-0.25, -0.2) is 0 Å². The minimum atomic E-state index is -0.283. The standard InChI is InChI=1S/C15H25N3O/c1-5-11-7-6-10-18(11)13-9-8-12(16)14(17-13)19-15(2,3)4/h8-9,11H,5-7,10,16H2,1-4H3. The summed E-state index contributed by atoms with van der Waals surface area (Å²) < 4.78 is 5.84. The second kappa shape index (κ2) is 5.27. The van der Waals surface area contributed by atoms with Crippen LogP contribution >= 0.6 is 0 Å². The molecule has 1 atom stereocenters. The van der Waals surface area contributed by atoms with Crippen LogP contribution in [0.25, 0.3) is 0 Å². The zero-order chi connectivity index (χ0) is 14.0. The molecule has 1 aliphatic rings. The summed E-state index contributed by atoms with van der Waals surface area (Å²) in [5.74, 6) is 1.53. The van der Waals surface area contributed by atoms with Crippen molar-refractivity contribution in [3.05, 3.63) is 12.1 Å². The van der Waals surface area contributed by atoms with Gasteiger partial charge in [0.15, 0.2) is 0 Å². The molecule has 1 aromatic rings. The molecule has 0 saturated carbocycles. The predicted molar refractivity (Wildman–Crippen MR) is 79.7 cm³/mol. The minimum Gasteiger partial charge on any atom is -0.470 e. The molecule has 0 bridgehead atoms. The summed E-state index contributed by atoms with van der Waals surface area (Å²) in [6.07, 6.45) is 3.64. The molecule has 2 rings (SSSR count). The Balaban J connectivity index is 2.25. The van der Waals surface area contributed by atoms with Gasteiger partial charge in [-0.3, -0.25) is 0 Å². The average molecular weight is 263 g/mol. The molecule has 4 nitrogen and oxygen atoms in total. The van der Waals surface area contributed by atoms with E-state index < -0.39 is 0 Å². The zero-order valence-corrected chi connectivity index (χ0v) is 12.4. The Hall–Kier alpha value is -1.45. The first kappa shape index (κ1) is 14.0. The number of hydrogen-bond donors (Lipinski definition) is 1. The number of nitrogens with two attached hydrogens (primary N) is 1. The third-order valence-corrected chi connectivity index (χ3v) is 3.42. The highest BCUT2D eigenvalue weighted by Crippen LogP contribution is 2.30. The molecule has 1 aromatic heterocycles. The van der Waals surface area contributed by atoms with Crippen molar-refractivity contribution < 1.29 is 4.74 Å². The van der Waals surface area contributed by atoms with Gasteiger partial charge in [-0.05, 0) is 52.2 Å². The summed E-state index contributed by atoms with van der Waals surface area (Å²) in [6, 6.07) is 4.49. The largest absolute Gasteiger partial charge is 0.470 e. The summed E-state index contributed by atoms with van der Waals surface area (Å²) in [6.45, 7) is 9.32. The topological polar surface area (TPSA) is 51.4 Å². The molecule has 2 N–H and O–H groups in total. The molecular formula is C15H25N3O. The van der Waals surface area contributed by atoms with Gasteiger partial charge in [-0.1, -0.05) is 6.92 Å². The molecular weight excluding hydrogens is 238 g/mol. The highest BCUT2D eigenvalue weighted by atomic mass is 16.5. The smallest absolute Gasteiger partial charge is 0.239 e. The molecule has 1 unspecified atom stereocenters. The molecule has 0 amide bonds. The SMILES string of the molecule is CCC1CCCN1c1ccc(N)c(OC(C)(C)C)n1. The Morgan fingerprint density at radius 3 is 2.79 bits per heavy atom. The Kier molecular flexibility index (Phi) is 3.88. The van der Waals surface area contributed by atoms with Gasteiger partial charge in [0.2, 0.25) is 5.88 Å². The van der Waals surface area contributed by atoms with Crippen molar-refractivity contribution in [2.45, 2.75) is 58.6 Å². The van der Waals surface area contributed by atoms with E-state index in [2.05, 4.69) is 16.8 Å². The van der Waals surface area contributed by atoms with Gasteiger partial charge in [-0.2, -0.15) is 4.98 Å². The van der Waals surface area contributed by atoms with E-state index in [1.165, 1.54) is 12.8 Å². The first-order chi connectivity index (χ1) is 8.90. The minimum absolute atomic E-state index is 0.283. The first-order valence-electron chi connectivity index (χ1n) is 7.13. The molecule has 2 heterocycles. The van der Waals surface area contributed by atoms with Gasteiger partial charge in [0.05, 0.1) is 5.69 Å². The number of pyridine rings is 1. The van der Waals surface area contributed by atoms with Gasteiger partial charge in [0.25, 0.3) is 0 Å². The van der Waals surface area contributed by atoms with Gasteiger partial charge in [0, 0.05) is 12.6 Å². The second-order valence-corrected chi connectivity index (χ2v) is 6.18. The molecule has 0 radical (unpaired) electrons. The summed E-state index contributed by atoms with van der Waals surface area (Å²) in [7, 11) is 0. The second-order valence-electron chi connectivity index (χ2n) is 6.18. The van der Waals surface area contributed by atoms with Crippen LogP contribution in [0.15, 0.2) is 12.1 Å². The van der Waals surface area contributed by atoms with Crippen LogP contribution in [-0.4, -0.2) is 23.2 Å². The fourth-order valence-corrected chi connectivity index (χ4v) is 2.53. The summed E-state index contributed by atoms with van der Waals surface area (Å²) in [4.78, 5) is 6.99. The van der Waals surface area contributed by atoms with Crippen LogP contribution in [0.2, 0.25) is 0 Å². The molecule has 0 aliphatic carbocycles. The van der Waals surface area contributed by atoms with Crippen LogP contribution in [-0.2, 0) is 0 Å².